The number of hydrogen-bond donors (Lipinski definition) is 2. The lowest BCUT2D eigenvalue weighted by atomic mass is 10.00. The van der Waals surface area contributed by atoms with Gasteiger partial charge in [0.2, 0.25) is 5.95 Å². The third-order valence-electron chi connectivity index (χ3n) is 6.84. The Morgan fingerprint density at radius 2 is 1.90 bits per heavy atom. The van der Waals surface area contributed by atoms with Gasteiger partial charge < -0.3 is 29.9 Å². The van der Waals surface area contributed by atoms with E-state index in [9.17, 15) is 5.26 Å². The second kappa shape index (κ2) is 13.5. The van der Waals surface area contributed by atoms with Crippen molar-refractivity contribution >= 4 is 28.0 Å². The Balaban J connectivity index is 1.35. The summed E-state index contributed by atoms with van der Waals surface area (Å²) in [5, 5.41) is 17.7. The molecule has 1 saturated heterocycles. The van der Waals surface area contributed by atoms with Crippen LogP contribution in [0.3, 0.4) is 0 Å². The summed E-state index contributed by atoms with van der Waals surface area (Å²) >= 11 is 1.54. The number of ether oxygens (including phenoxy) is 2. The van der Waals surface area contributed by atoms with Crippen LogP contribution in [0.2, 0.25) is 0 Å². The number of nitrogens with one attached hydrogen (secondary N) is 2. The number of nitriles is 1. The van der Waals surface area contributed by atoms with Crippen LogP contribution in [-0.2, 0) is 0 Å². The normalized spacial score (nSPS) is 13.4. The van der Waals surface area contributed by atoms with Crippen molar-refractivity contribution in [3.8, 4) is 39.3 Å². The van der Waals surface area contributed by atoms with Gasteiger partial charge in [0.1, 0.15) is 22.6 Å². The Morgan fingerprint density at radius 1 is 1.10 bits per heavy atom. The van der Waals surface area contributed by atoms with E-state index in [1.54, 1.807) is 13.3 Å². The molecule has 1 aliphatic rings. The van der Waals surface area contributed by atoms with Crippen LogP contribution in [0.15, 0.2) is 60.8 Å². The Labute approximate surface area is 245 Å². The van der Waals surface area contributed by atoms with Gasteiger partial charge in [-0.1, -0.05) is 18.2 Å². The van der Waals surface area contributed by atoms with Gasteiger partial charge >= 0.3 is 0 Å². The van der Waals surface area contributed by atoms with E-state index in [1.165, 1.54) is 11.3 Å². The van der Waals surface area contributed by atoms with Gasteiger partial charge in [-0.3, -0.25) is 0 Å². The van der Waals surface area contributed by atoms with Crippen molar-refractivity contribution in [2.75, 3.05) is 70.8 Å². The predicted octanol–water partition coefficient (Wildman–Crippen LogP) is 5.24. The maximum absolute atomic E-state index is 10.2. The van der Waals surface area contributed by atoms with E-state index in [1.807, 2.05) is 73.6 Å². The highest BCUT2D eigenvalue weighted by Crippen LogP contribution is 2.46. The van der Waals surface area contributed by atoms with Crippen molar-refractivity contribution < 1.29 is 9.47 Å². The molecule has 0 unspecified atom stereocenters. The Kier molecular flexibility index (Phi) is 9.31. The van der Waals surface area contributed by atoms with Crippen molar-refractivity contribution in [2.24, 2.45) is 0 Å². The van der Waals surface area contributed by atoms with Crippen LogP contribution in [0.5, 0.6) is 11.5 Å². The largest absolute Gasteiger partial charge is 0.497 e. The van der Waals surface area contributed by atoms with Crippen molar-refractivity contribution in [1.82, 2.24) is 20.2 Å². The van der Waals surface area contributed by atoms with Crippen LogP contribution in [0, 0.1) is 11.3 Å². The summed E-state index contributed by atoms with van der Waals surface area (Å²) in [5.41, 5.74) is 3.91. The topological polar surface area (TPSA) is 98.6 Å². The van der Waals surface area contributed by atoms with Gasteiger partial charge in [-0.25, -0.2) is 9.97 Å². The summed E-state index contributed by atoms with van der Waals surface area (Å²) in [5.74, 6) is 2.00. The highest BCUT2D eigenvalue weighted by molar-refractivity contribution is 7.20. The third kappa shape index (κ3) is 6.95. The van der Waals surface area contributed by atoms with Crippen LogP contribution in [0.4, 0.5) is 16.6 Å². The number of nitrogens with zero attached hydrogens (tertiary/aromatic N) is 5. The van der Waals surface area contributed by atoms with E-state index in [-0.39, 0.29) is 0 Å². The number of rotatable bonds is 11. The summed E-state index contributed by atoms with van der Waals surface area (Å²) in [6, 6.07) is 19.9. The highest BCUT2D eigenvalue weighted by Gasteiger charge is 2.23. The molecule has 2 aromatic heterocycles. The van der Waals surface area contributed by atoms with Crippen molar-refractivity contribution in [1.29, 1.82) is 5.26 Å². The SMILES string of the molecule is COc1cccc(-c2c(-c3ccnc(Nc4cccc(OCCCN5CCNCC5)c4)n3)sc(N(C)C)c2C#N)c1. The first-order valence-corrected chi connectivity index (χ1v) is 14.5. The lowest BCUT2D eigenvalue weighted by Gasteiger charge is -2.26. The minimum Gasteiger partial charge on any atom is -0.497 e. The quantitative estimate of drug-likeness (QED) is 0.235. The molecule has 212 valence electrons. The first-order chi connectivity index (χ1) is 20.1. The van der Waals surface area contributed by atoms with E-state index >= 15 is 0 Å². The number of thiophene rings is 1. The van der Waals surface area contributed by atoms with Crippen molar-refractivity contribution in [2.45, 2.75) is 6.42 Å². The van der Waals surface area contributed by atoms with E-state index in [0.29, 0.717) is 18.1 Å². The Bertz CT molecular complexity index is 1510. The number of methoxy groups -OCH3 is 1. The van der Waals surface area contributed by atoms with Crippen LogP contribution < -0.4 is 25.0 Å². The molecule has 9 nitrogen and oxygen atoms in total. The minimum absolute atomic E-state index is 0.466. The number of aromatic nitrogens is 2. The zero-order valence-corrected chi connectivity index (χ0v) is 24.5. The zero-order valence-electron chi connectivity index (χ0n) is 23.7. The summed E-state index contributed by atoms with van der Waals surface area (Å²) in [6.07, 6.45) is 2.72. The number of anilines is 3. The maximum Gasteiger partial charge on any atom is 0.227 e. The fraction of sp³-hybridized carbons (Fsp3) is 0.323. The molecule has 2 N–H and O–H groups in total. The molecular weight excluding hydrogens is 534 g/mol. The van der Waals surface area contributed by atoms with Gasteiger partial charge in [-0.2, -0.15) is 5.26 Å². The molecule has 3 heterocycles. The van der Waals surface area contributed by atoms with E-state index in [4.69, 9.17) is 14.5 Å². The second-order valence-corrected chi connectivity index (χ2v) is 10.9. The monoisotopic (exact) mass is 569 g/mol. The van der Waals surface area contributed by atoms with Gasteiger partial charge in [-0.05, 0) is 42.3 Å². The van der Waals surface area contributed by atoms with Gasteiger partial charge in [0.15, 0.2) is 0 Å². The van der Waals surface area contributed by atoms with Gasteiger partial charge in [0.25, 0.3) is 0 Å². The fourth-order valence-electron chi connectivity index (χ4n) is 4.82. The lowest BCUT2D eigenvalue weighted by Crippen LogP contribution is -2.43. The average Bonchev–Trinajstić information content (AvgIpc) is 3.41. The van der Waals surface area contributed by atoms with E-state index in [0.717, 1.165) is 83.0 Å². The number of hydrogen-bond acceptors (Lipinski definition) is 10. The first kappa shape index (κ1) is 28.4. The molecule has 0 aliphatic carbocycles. The van der Waals surface area contributed by atoms with Crippen LogP contribution in [0.25, 0.3) is 21.7 Å². The molecule has 1 aliphatic heterocycles. The summed E-state index contributed by atoms with van der Waals surface area (Å²) in [6.45, 7) is 6.02. The van der Waals surface area contributed by atoms with E-state index in [2.05, 4.69) is 26.6 Å². The third-order valence-corrected chi connectivity index (χ3v) is 8.22. The summed E-state index contributed by atoms with van der Waals surface area (Å²) in [7, 11) is 5.53. The molecular formula is C31H35N7O2S. The summed E-state index contributed by atoms with van der Waals surface area (Å²) < 4.78 is 11.5. The van der Waals surface area contributed by atoms with Crippen LogP contribution in [-0.4, -0.2) is 75.4 Å². The Morgan fingerprint density at radius 3 is 2.68 bits per heavy atom. The molecule has 41 heavy (non-hydrogen) atoms. The highest BCUT2D eigenvalue weighted by atomic mass is 32.1. The molecule has 10 heteroatoms. The molecule has 0 atom stereocenters. The fourth-order valence-corrected chi connectivity index (χ4v) is 5.99. The number of piperazine rings is 1. The van der Waals surface area contributed by atoms with Gasteiger partial charge in [0.05, 0.1) is 29.9 Å². The second-order valence-electron chi connectivity index (χ2n) is 9.94. The molecule has 4 aromatic rings. The minimum atomic E-state index is 0.466. The van der Waals surface area contributed by atoms with Crippen LogP contribution in [0.1, 0.15) is 12.0 Å². The van der Waals surface area contributed by atoms with Gasteiger partial charge in [0, 0.05) is 70.3 Å². The van der Waals surface area contributed by atoms with Crippen LogP contribution >= 0.6 is 11.3 Å². The van der Waals surface area contributed by atoms with Crippen molar-refractivity contribution in [3.05, 3.63) is 66.4 Å². The predicted molar refractivity (Wildman–Crippen MR) is 166 cm³/mol. The molecule has 1 fully saturated rings. The summed E-state index contributed by atoms with van der Waals surface area (Å²) in [4.78, 5) is 14.6. The molecule has 0 saturated carbocycles. The molecule has 0 bridgehead atoms. The molecule has 0 amide bonds. The lowest BCUT2D eigenvalue weighted by molar-refractivity contribution is 0.214. The smallest absolute Gasteiger partial charge is 0.227 e. The molecule has 0 radical (unpaired) electrons. The standard InChI is InChI=1S/C31H35N7O2S/c1-37(2)30-26(21-32)28(22-7-4-9-24(19-22)39-3)29(41-30)27-11-12-34-31(36-27)35-23-8-5-10-25(20-23)40-18-6-15-38-16-13-33-14-17-38/h4-5,7-12,19-20,33H,6,13-18H2,1-3H3,(H,34,35,36). The Hall–Kier alpha value is -4.17. The molecule has 5 rings (SSSR count). The van der Waals surface area contributed by atoms with E-state index < -0.39 is 0 Å². The maximum atomic E-state index is 10.2. The zero-order chi connectivity index (χ0) is 28.6. The van der Waals surface area contributed by atoms with Gasteiger partial charge in [-0.15, -0.1) is 11.3 Å². The molecule has 2 aromatic carbocycles. The number of benzene rings is 2. The molecule has 0 spiro atoms. The first-order valence-electron chi connectivity index (χ1n) is 13.7. The average molecular weight is 570 g/mol. The van der Waals surface area contributed by atoms with Crippen molar-refractivity contribution in [3.63, 3.8) is 0 Å².